The van der Waals surface area contributed by atoms with Crippen molar-refractivity contribution in [1.82, 2.24) is 0 Å². The molecule has 0 aliphatic heterocycles. The van der Waals surface area contributed by atoms with E-state index in [1.807, 2.05) is 0 Å². The van der Waals surface area contributed by atoms with Gasteiger partial charge in [0, 0.05) is 11.6 Å². The molecule has 0 saturated carbocycles. The van der Waals surface area contributed by atoms with E-state index < -0.39 is 35.4 Å². The Kier molecular flexibility index (Phi) is 2.80. The van der Waals surface area contributed by atoms with Crippen LogP contribution < -0.4 is 0 Å². The number of aromatic carboxylic acids is 1. The summed E-state index contributed by atoms with van der Waals surface area (Å²) in [4.78, 5) is 20.9. The quantitative estimate of drug-likeness (QED) is 0.577. The van der Waals surface area contributed by atoms with Crippen LogP contribution in [0.15, 0.2) is 12.1 Å². The maximum atomic E-state index is 10.6. The van der Waals surface area contributed by atoms with Crippen molar-refractivity contribution >= 4 is 11.9 Å². The van der Waals surface area contributed by atoms with Gasteiger partial charge >= 0.3 is 11.9 Å². The fourth-order valence-corrected chi connectivity index (χ4v) is 1.10. The van der Waals surface area contributed by atoms with Crippen molar-refractivity contribution in [1.29, 1.82) is 0 Å². The van der Waals surface area contributed by atoms with Crippen LogP contribution in [0.25, 0.3) is 0 Å². The van der Waals surface area contributed by atoms with E-state index in [0.29, 0.717) is 0 Å². The number of carboxylic acids is 2. The molecular weight excluding hydrogens is 204 g/mol. The van der Waals surface area contributed by atoms with Crippen molar-refractivity contribution in [3.63, 3.8) is 0 Å². The van der Waals surface area contributed by atoms with Gasteiger partial charge in [0.2, 0.25) is 0 Å². The summed E-state index contributed by atoms with van der Waals surface area (Å²) in [6.45, 7) is 0. The fourth-order valence-electron chi connectivity index (χ4n) is 1.10. The number of benzene rings is 1. The first-order valence-corrected chi connectivity index (χ1v) is 3.91. The van der Waals surface area contributed by atoms with E-state index in [2.05, 4.69) is 0 Å². The van der Waals surface area contributed by atoms with Gasteiger partial charge in [0.1, 0.15) is 17.1 Å². The van der Waals surface area contributed by atoms with Crippen LogP contribution in [0.3, 0.4) is 0 Å². The summed E-state index contributed by atoms with van der Waals surface area (Å²) >= 11 is 0. The van der Waals surface area contributed by atoms with Crippen LogP contribution in [0.5, 0.6) is 11.5 Å². The third kappa shape index (κ3) is 2.37. The van der Waals surface area contributed by atoms with Gasteiger partial charge in [0.15, 0.2) is 0 Å². The summed E-state index contributed by atoms with van der Waals surface area (Å²) in [6, 6.07) is 1.74. The molecule has 0 heterocycles. The van der Waals surface area contributed by atoms with E-state index in [1.54, 1.807) is 0 Å². The minimum Gasteiger partial charge on any atom is -0.508 e. The number of hydrogen-bond acceptors (Lipinski definition) is 4. The lowest BCUT2D eigenvalue weighted by Gasteiger charge is -2.05. The van der Waals surface area contributed by atoms with Crippen molar-refractivity contribution in [2.75, 3.05) is 0 Å². The van der Waals surface area contributed by atoms with E-state index in [0.717, 1.165) is 12.1 Å². The normalized spacial score (nSPS) is 9.87. The molecular formula is C9H8O6. The SMILES string of the molecule is O=C(O)Cc1cc(C(=O)O)c(O)cc1O. The molecule has 0 atom stereocenters. The van der Waals surface area contributed by atoms with E-state index >= 15 is 0 Å². The highest BCUT2D eigenvalue weighted by atomic mass is 16.4. The van der Waals surface area contributed by atoms with Crippen molar-refractivity contribution in [3.8, 4) is 11.5 Å². The number of carboxylic acid groups (broad SMARTS) is 2. The first-order chi connectivity index (χ1) is 6.91. The minimum absolute atomic E-state index is 0.0577. The van der Waals surface area contributed by atoms with Gasteiger partial charge in [-0.25, -0.2) is 4.79 Å². The van der Waals surface area contributed by atoms with Gasteiger partial charge in [0.05, 0.1) is 6.42 Å². The molecule has 0 saturated heterocycles. The molecule has 0 bridgehead atoms. The molecule has 0 spiro atoms. The summed E-state index contributed by atoms with van der Waals surface area (Å²) in [7, 11) is 0. The Morgan fingerprint density at radius 2 is 1.67 bits per heavy atom. The summed E-state index contributed by atoms with van der Waals surface area (Å²) in [5.41, 5.74) is -0.498. The zero-order chi connectivity index (χ0) is 11.6. The topological polar surface area (TPSA) is 115 Å². The van der Waals surface area contributed by atoms with E-state index in [9.17, 15) is 14.7 Å². The Hall–Kier alpha value is -2.24. The van der Waals surface area contributed by atoms with E-state index in [-0.39, 0.29) is 5.56 Å². The average Bonchev–Trinajstić information content (AvgIpc) is 2.08. The van der Waals surface area contributed by atoms with Gasteiger partial charge in [-0.2, -0.15) is 0 Å². The number of aliphatic carboxylic acids is 1. The van der Waals surface area contributed by atoms with Crippen LogP contribution in [0.4, 0.5) is 0 Å². The predicted octanol–water partition coefficient (Wildman–Crippen LogP) is 0.423. The third-order valence-corrected chi connectivity index (χ3v) is 1.77. The molecule has 1 rings (SSSR count). The van der Waals surface area contributed by atoms with Crippen LogP contribution in [-0.4, -0.2) is 32.4 Å². The van der Waals surface area contributed by atoms with Crippen molar-refractivity contribution in [2.45, 2.75) is 6.42 Å². The maximum absolute atomic E-state index is 10.6. The monoisotopic (exact) mass is 212 g/mol. The zero-order valence-corrected chi connectivity index (χ0v) is 7.47. The molecule has 4 N–H and O–H groups in total. The van der Waals surface area contributed by atoms with Gasteiger partial charge < -0.3 is 20.4 Å². The second kappa shape index (κ2) is 3.87. The van der Waals surface area contributed by atoms with Gasteiger partial charge in [-0.15, -0.1) is 0 Å². The lowest BCUT2D eigenvalue weighted by molar-refractivity contribution is -0.136. The molecule has 0 fully saturated rings. The fraction of sp³-hybridized carbons (Fsp3) is 0.111. The first kappa shape index (κ1) is 10.8. The molecule has 0 aliphatic carbocycles. The maximum Gasteiger partial charge on any atom is 0.339 e. The zero-order valence-electron chi connectivity index (χ0n) is 7.47. The van der Waals surface area contributed by atoms with E-state index in [4.69, 9.17) is 15.3 Å². The molecule has 6 heteroatoms. The number of carbonyl (C=O) groups is 2. The third-order valence-electron chi connectivity index (χ3n) is 1.77. The van der Waals surface area contributed by atoms with Gasteiger partial charge in [0.25, 0.3) is 0 Å². The molecule has 1 aromatic carbocycles. The molecule has 15 heavy (non-hydrogen) atoms. The highest BCUT2D eigenvalue weighted by molar-refractivity contribution is 5.91. The molecule has 0 unspecified atom stereocenters. The van der Waals surface area contributed by atoms with Crippen LogP contribution in [0.2, 0.25) is 0 Å². The number of phenolic OH excluding ortho intramolecular Hbond substituents is 1. The number of aromatic hydroxyl groups is 2. The van der Waals surface area contributed by atoms with Gasteiger partial charge in [-0.1, -0.05) is 0 Å². The molecule has 0 amide bonds. The second-order valence-electron chi connectivity index (χ2n) is 2.87. The molecule has 1 aromatic rings. The first-order valence-electron chi connectivity index (χ1n) is 3.91. The number of hydrogen-bond donors (Lipinski definition) is 4. The average molecular weight is 212 g/mol. The lowest BCUT2D eigenvalue weighted by Crippen LogP contribution is -2.03. The highest BCUT2D eigenvalue weighted by Crippen LogP contribution is 2.27. The molecule has 80 valence electrons. The lowest BCUT2D eigenvalue weighted by atomic mass is 10.1. The summed E-state index contributed by atoms with van der Waals surface area (Å²) < 4.78 is 0. The Labute approximate surface area is 84.0 Å². The highest BCUT2D eigenvalue weighted by Gasteiger charge is 2.15. The van der Waals surface area contributed by atoms with Crippen LogP contribution >= 0.6 is 0 Å². The predicted molar refractivity (Wildman–Crippen MR) is 48.1 cm³/mol. The van der Waals surface area contributed by atoms with Gasteiger partial charge in [-0.05, 0) is 6.07 Å². The van der Waals surface area contributed by atoms with Crippen molar-refractivity contribution < 1.29 is 30.0 Å². The smallest absolute Gasteiger partial charge is 0.339 e. The molecule has 0 aromatic heterocycles. The minimum atomic E-state index is -1.39. The second-order valence-corrected chi connectivity index (χ2v) is 2.87. The van der Waals surface area contributed by atoms with E-state index in [1.165, 1.54) is 0 Å². The van der Waals surface area contributed by atoms with Gasteiger partial charge in [-0.3, -0.25) is 4.79 Å². The molecule has 0 radical (unpaired) electrons. The summed E-state index contributed by atoms with van der Waals surface area (Å²) in [6.07, 6.45) is -0.508. The number of rotatable bonds is 3. The van der Waals surface area contributed by atoms with Crippen LogP contribution in [0.1, 0.15) is 15.9 Å². The molecule has 6 nitrogen and oxygen atoms in total. The summed E-state index contributed by atoms with van der Waals surface area (Å²) in [5, 5.41) is 35.5. The Balaban J connectivity index is 3.23. The van der Waals surface area contributed by atoms with Crippen LogP contribution in [-0.2, 0) is 11.2 Å². The summed E-state index contributed by atoms with van der Waals surface area (Å²) in [5.74, 6) is -3.64. The Morgan fingerprint density at radius 1 is 1.07 bits per heavy atom. The van der Waals surface area contributed by atoms with Crippen molar-refractivity contribution in [3.05, 3.63) is 23.3 Å². The van der Waals surface area contributed by atoms with Crippen molar-refractivity contribution in [2.24, 2.45) is 0 Å². The standard InChI is InChI=1S/C9H8O6/c10-6-3-7(11)5(9(14)15)1-4(6)2-8(12)13/h1,3,10-11H,2H2,(H,12,13)(H,14,15). The Bertz CT molecular complexity index is 423. The number of phenols is 2. The molecule has 0 aliphatic rings. The Morgan fingerprint density at radius 3 is 2.13 bits per heavy atom. The largest absolute Gasteiger partial charge is 0.508 e. The van der Waals surface area contributed by atoms with Crippen LogP contribution in [0, 0.1) is 0 Å².